The third-order valence-electron chi connectivity index (χ3n) is 1.38. The van der Waals surface area contributed by atoms with Crippen molar-refractivity contribution in [3.63, 3.8) is 0 Å². The van der Waals surface area contributed by atoms with Gasteiger partial charge in [0.25, 0.3) is 0 Å². The van der Waals surface area contributed by atoms with Crippen LogP contribution in [0, 0.1) is 6.92 Å². The molecule has 0 spiro atoms. The van der Waals surface area contributed by atoms with Crippen LogP contribution in [0.15, 0.2) is 0 Å². The van der Waals surface area contributed by atoms with Crippen LogP contribution in [0.4, 0.5) is 0 Å². The van der Waals surface area contributed by atoms with E-state index in [1.54, 1.807) is 11.3 Å². The van der Waals surface area contributed by atoms with Crippen LogP contribution in [0.2, 0.25) is 0 Å². The first kappa shape index (κ1) is 11.9. The maximum Gasteiger partial charge on any atom is 0.197 e. The second kappa shape index (κ2) is 5.54. The van der Waals surface area contributed by atoms with Gasteiger partial charge < -0.3 is 4.74 Å². The number of aryl methyl sites for hydroxylation is 2. The summed E-state index contributed by atoms with van der Waals surface area (Å²) in [4.78, 5) is 4.34. The minimum absolute atomic E-state index is 0. The second-order valence-electron chi connectivity index (χ2n) is 2.27. The molecule has 0 aliphatic rings. The molecule has 12 heavy (non-hydrogen) atoms. The van der Waals surface area contributed by atoms with Gasteiger partial charge in [0.2, 0.25) is 0 Å². The number of hydrogen-bond donors (Lipinski definition) is 0. The molecular formula is C8H14BrNOS. The molecule has 4 heteroatoms. The molecule has 0 aliphatic carbocycles. The molecule has 2 nitrogen and oxygen atoms in total. The predicted molar refractivity (Wildman–Crippen MR) is 57.7 cm³/mol. The first-order chi connectivity index (χ1) is 5.27. The van der Waals surface area contributed by atoms with Gasteiger partial charge in [-0.15, -0.1) is 17.0 Å². The summed E-state index contributed by atoms with van der Waals surface area (Å²) in [5.74, 6) is 0. The lowest BCUT2D eigenvalue weighted by atomic mass is 10.5. The number of thiazole rings is 1. The van der Waals surface area contributed by atoms with E-state index in [1.165, 1.54) is 0 Å². The Morgan fingerprint density at radius 2 is 2.08 bits per heavy atom. The highest BCUT2D eigenvalue weighted by Gasteiger charge is 2.05. The van der Waals surface area contributed by atoms with Crippen LogP contribution in [-0.4, -0.2) is 11.6 Å². The van der Waals surface area contributed by atoms with E-state index in [9.17, 15) is 0 Å². The smallest absolute Gasteiger partial charge is 0.197 e. The van der Waals surface area contributed by atoms with Gasteiger partial charge in [-0.3, -0.25) is 0 Å². The van der Waals surface area contributed by atoms with Crippen molar-refractivity contribution >= 4 is 28.3 Å². The highest BCUT2D eigenvalue weighted by molar-refractivity contribution is 8.93. The van der Waals surface area contributed by atoms with Crippen LogP contribution >= 0.6 is 28.3 Å². The largest absolute Gasteiger partial charge is 0.483 e. The zero-order valence-electron chi connectivity index (χ0n) is 7.59. The monoisotopic (exact) mass is 251 g/mol. The van der Waals surface area contributed by atoms with E-state index in [0.717, 1.165) is 28.8 Å². The molecule has 0 fully saturated rings. The van der Waals surface area contributed by atoms with Gasteiger partial charge in [-0.1, -0.05) is 18.3 Å². The highest BCUT2D eigenvalue weighted by Crippen LogP contribution is 2.26. The van der Waals surface area contributed by atoms with Crippen LogP contribution < -0.4 is 4.74 Å². The summed E-state index contributed by atoms with van der Waals surface area (Å²) < 4.78 is 5.38. The van der Waals surface area contributed by atoms with E-state index in [2.05, 4.69) is 11.9 Å². The Labute approximate surface area is 87.7 Å². The van der Waals surface area contributed by atoms with E-state index < -0.39 is 0 Å². The number of nitrogens with zero attached hydrogens (tertiary/aromatic N) is 1. The standard InChI is InChI=1S/C8H13NOS.BrH/c1-4-7-9-6(3)8(11-7)10-5-2;/h4-5H2,1-3H3;1H. The summed E-state index contributed by atoms with van der Waals surface area (Å²) >= 11 is 1.65. The molecule has 0 radical (unpaired) electrons. The van der Waals surface area contributed by atoms with E-state index in [4.69, 9.17) is 4.74 Å². The lowest BCUT2D eigenvalue weighted by molar-refractivity contribution is 0.347. The van der Waals surface area contributed by atoms with Crippen LogP contribution in [0.1, 0.15) is 24.5 Å². The second-order valence-corrected chi connectivity index (χ2v) is 3.31. The van der Waals surface area contributed by atoms with E-state index in [0.29, 0.717) is 0 Å². The number of halogens is 1. The number of ether oxygens (including phenoxy) is 1. The lowest BCUT2D eigenvalue weighted by Crippen LogP contribution is -1.89. The molecule has 0 saturated heterocycles. The fourth-order valence-electron chi connectivity index (χ4n) is 0.853. The van der Waals surface area contributed by atoms with Crippen molar-refractivity contribution in [2.24, 2.45) is 0 Å². The summed E-state index contributed by atoms with van der Waals surface area (Å²) in [6.07, 6.45) is 0.999. The normalized spacial score (nSPS) is 9.25. The van der Waals surface area contributed by atoms with Gasteiger partial charge in [-0.25, -0.2) is 4.98 Å². The fraction of sp³-hybridized carbons (Fsp3) is 0.625. The minimum atomic E-state index is 0. The summed E-state index contributed by atoms with van der Waals surface area (Å²) in [5.41, 5.74) is 1.02. The van der Waals surface area contributed by atoms with Gasteiger partial charge in [0.05, 0.1) is 17.3 Å². The van der Waals surface area contributed by atoms with Crippen molar-refractivity contribution < 1.29 is 4.74 Å². The molecule has 0 amide bonds. The van der Waals surface area contributed by atoms with Gasteiger partial charge in [-0.2, -0.15) is 0 Å². The van der Waals surface area contributed by atoms with Crippen molar-refractivity contribution in [2.75, 3.05) is 6.61 Å². The first-order valence-corrected chi connectivity index (χ1v) is 4.68. The molecule has 0 aliphatic heterocycles. The van der Waals surface area contributed by atoms with Crippen LogP contribution in [-0.2, 0) is 6.42 Å². The van der Waals surface area contributed by atoms with Crippen molar-refractivity contribution in [3.8, 4) is 5.06 Å². The Hall–Kier alpha value is -0.0900. The molecule has 1 aromatic heterocycles. The molecule has 70 valence electrons. The Kier molecular flexibility index (Phi) is 5.50. The molecule has 0 atom stereocenters. The summed E-state index contributed by atoms with van der Waals surface area (Å²) in [5, 5.41) is 2.13. The average Bonchev–Trinajstić information content (AvgIpc) is 2.33. The van der Waals surface area contributed by atoms with Gasteiger partial charge in [0, 0.05) is 0 Å². The summed E-state index contributed by atoms with van der Waals surface area (Å²) in [6.45, 7) is 6.81. The van der Waals surface area contributed by atoms with Crippen LogP contribution in [0.25, 0.3) is 0 Å². The number of hydrogen-bond acceptors (Lipinski definition) is 3. The number of rotatable bonds is 3. The van der Waals surface area contributed by atoms with Crippen molar-refractivity contribution in [1.82, 2.24) is 4.98 Å². The van der Waals surface area contributed by atoms with E-state index in [1.807, 2.05) is 13.8 Å². The maximum absolute atomic E-state index is 5.38. The first-order valence-electron chi connectivity index (χ1n) is 3.87. The Bertz CT molecular complexity index is 237. The molecule has 1 rings (SSSR count). The van der Waals surface area contributed by atoms with Gasteiger partial charge >= 0.3 is 0 Å². The molecule has 0 bridgehead atoms. The minimum Gasteiger partial charge on any atom is -0.483 e. The zero-order chi connectivity index (χ0) is 8.27. The molecule has 0 unspecified atom stereocenters. The lowest BCUT2D eigenvalue weighted by Gasteiger charge is -1.96. The van der Waals surface area contributed by atoms with Crippen molar-refractivity contribution in [3.05, 3.63) is 10.7 Å². The molecule has 1 aromatic rings. The van der Waals surface area contributed by atoms with E-state index in [-0.39, 0.29) is 17.0 Å². The summed E-state index contributed by atoms with van der Waals surface area (Å²) in [7, 11) is 0. The van der Waals surface area contributed by atoms with Crippen molar-refractivity contribution in [1.29, 1.82) is 0 Å². The maximum atomic E-state index is 5.38. The molecular weight excluding hydrogens is 238 g/mol. The predicted octanol–water partition coefficient (Wildman–Crippen LogP) is 2.99. The molecule has 1 heterocycles. The topological polar surface area (TPSA) is 22.1 Å². The Morgan fingerprint density at radius 3 is 2.50 bits per heavy atom. The van der Waals surface area contributed by atoms with Gasteiger partial charge in [0.1, 0.15) is 0 Å². The Balaban J connectivity index is 0.00000121. The van der Waals surface area contributed by atoms with Gasteiger partial charge in [0.15, 0.2) is 5.06 Å². The molecule has 0 N–H and O–H groups in total. The quantitative estimate of drug-likeness (QED) is 0.825. The average molecular weight is 252 g/mol. The van der Waals surface area contributed by atoms with Crippen molar-refractivity contribution in [2.45, 2.75) is 27.2 Å². The highest BCUT2D eigenvalue weighted by atomic mass is 79.9. The number of aromatic nitrogens is 1. The fourth-order valence-corrected chi connectivity index (χ4v) is 1.76. The Morgan fingerprint density at radius 1 is 1.42 bits per heavy atom. The molecule has 0 saturated carbocycles. The van der Waals surface area contributed by atoms with Crippen LogP contribution in [0.5, 0.6) is 5.06 Å². The third-order valence-corrected chi connectivity index (χ3v) is 2.59. The summed E-state index contributed by atoms with van der Waals surface area (Å²) in [6, 6.07) is 0. The van der Waals surface area contributed by atoms with Crippen LogP contribution in [0.3, 0.4) is 0 Å². The molecule has 0 aromatic carbocycles. The zero-order valence-corrected chi connectivity index (χ0v) is 10.1. The van der Waals surface area contributed by atoms with E-state index >= 15 is 0 Å². The third kappa shape index (κ3) is 2.75. The van der Waals surface area contributed by atoms with Gasteiger partial charge in [-0.05, 0) is 20.3 Å². The SMILES string of the molecule is Br.CCOc1sc(CC)nc1C.